The molecule has 1 aromatic rings. The summed E-state index contributed by atoms with van der Waals surface area (Å²) in [7, 11) is 0. The van der Waals surface area contributed by atoms with E-state index in [-0.39, 0.29) is 0 Å². The van der Waals surface area contributed by atoms with Crippen LogP contribution in [0.4, 0.5) is 5.69 Å². The van der Waals surface area contributed by atoms with Gasteiger partial charge in [-0.3, -0.25) is 4.98 Å². The number of rotatable bonds is 3. The van der Waals surface area contributed by atoms with E-state index in [0.29, 0.717) is 11.8 Å². The van der Waals surface area contributed by atoms with Crippen molar-refractivity contribution in [3.63, 3.8) is 0 Å². The predicted molar refractivity (Wildman–Crippen MR) is 65.3 cm³/mol. The molecule has 0 radical (unpaired) electrons. The summed E-state index contributed by atoms with van der Waals surface area (Å²) in [4.78, 5) is 4.04. The Hall–Kier alpha value is -1.25. The SMILES string of the molecule is CCC1CCCC(Oc2cncc(N)c2)C1. The lowest BCUT2D eigenvalue weighted by Crippen LogP contribution is -2.25. The fourth-order valence-electron chi connectivity index (χ4n) is 2.41. The van der Waals surface area contributed by atoms with Gasteiger partial charge in [0, 0.05) is 6.07 Å². The lowest BCUT2D eigenvalue weighted by Gasteiger charge is -2.28. The van der Waals surface area contributed by atoms with Gasteiger partial charge >= 0.3 is 0 Å². The zero-order valence-electron chi connectivity index (χ0n) is 9.86. The molecule has 2 unspecified atom stereocenters. The third kappa shape index (κ3) is 2.87. The van der Waals surface area contributed by atoms with Crippen molar-refractivity contribution in [2.24, 2.45) is 5.92 Å². The molecule has 0 saturated heterocycles. The Bertz CT molecular complexity index is 340. The van der Waals surface area contributed by atoms with Gasteiger partial charge in [0.1, 0.15) is 5.75 Å². The van der Waals surface area contributed by atoms with Crippen molar-refractivity contribution in [1.29, 1.82) is 0 Å². The van der Waals surface area contributed by atoms with Crippen LogP contribution < -0.4 is 10.5 Å². The van der Waals surface area contributed by atoms with Crippen molar-refractivity contribution < 1.29 is 4.74 Å². The summed E-state index contributed by atoms with van der Waals surface area (Å²) in [5.74, 6) is 1.63. The van der Waals surface area contributed by atoms with Gasteiger partial charge in [0.15, 0.2) is 0 Å². The molecular formula is C13H20N2O. The Balaban J connectivity index is 1.94. The van der Waals surface area contributed by atoms with E-state index in [4.69, 9.17) is 10.5 Å². The van der Waals surface area contributed by atoms with Gasteiger partial charge in [-0.05, 0) is 25.2 Å². The number of ether oxygens (including phenoxy) is 1. The molecule has 2 rings (SSSR count). The average Bonchev–Trinajstić information content (AvgIpc) is 2.29. The Morgan fingerprint density at radius 1 is 1.44 bits per heavy atom. The van der Waals surface area contributed by atoms with Gasteiger partial charge in [-0.2, -0.15) is 0 Å². The summed E-state index contributed by atoms with van der Waals surface area (Å²) >= 11 is 0. The number of nitrogen functional groups attached to an aromatic ring is 1. The van der Waals surface area contributed by atoms with Crippen LogP contribution in [-0.4, -0.2) is 11.1 Å². The number of anilines is 1. The Kier molecular flexibility index (Phi) is 3.65. The zero-order chi connectivity index (χ0) is 11.4. The van der Waals surface area contributed by atoms with Gasteiger partial charge in [0.2, 0.25) is 0 Å². The van der Waals surface area contributed by atoms with E-state index in [1.807, 2.05) is 6.07 Å². The summed E-state index contributed by atoms with van der Waals surface area (Å²) < 4.78 is 5.93. The van der Waals surface area contributed by atoms with Crippen LogP contribution in [0.25, 0.3) is 0 Å². The van der Waals surface area contributed by atoms with E-state index in [2.05, 4.69) is 11.9 Å². The normalized spacial score (nSPS) is 25.3. The maximum absolute atomic E-state index is 5.93. The van der Waals surface area contributed by atoms with Crippen molar-refractivity contribution in [3.05, 3.63) is 18.5 Å². The molecule has 1 heterocycles. The van der Waals surface area contributed by atoms with Gasteiger partial charge in [-0.25, -0.2) is 0 Å². The molecule has 3 nitrogen and oxygen atoms in total. The molecule has 1 aliphatic carbocycles. The van der Waals surface area contributed by atoms with E-state index < -0.39 is 0 Å². The minimum absolute atomic E-state index is 0.349. The van der Waals surface area contributed by atoms with E-state index in [9.17, 15) is 0 Å². The second-order valence-electron chi connectivity index (χ2n) is 4.63. The molecule has 0 amide bonds. The fourth-order valence-corrected chi connectivity index (χ4v) is 2.41. The summed E-state index contributed by atoms with van der Waals surface area (Å²) in [6, 6.07) is 1.85. The van der Waals surface area contributed by atoms with Crippen LogP contribution in [-0.2, 0) is 0 Å². The number of hydrogen-bond acceptors (Lipinski definition) is 3. The number of aromatic nitrogens is 1. The standard InChI is InChI=1S/C13H20N2O/c1-2-10-4-3-5-12(6-10)16-13-7-11(14)8-15-9-13/h7-10,12H,2-6,14H2,1H3. The Labute approximate surface area is 97.0 Å². The van der Waals surface area contributed by atoms with Crippen LogP contribution in [0.5, 0.6) is 5.75 Å². The molecule has 1 fully saturated rings. The first-order valence-electron chi connectivity index (χ1n) is 6.15. The summed E-state index contributed by atoms with van der Waals surface area (Å²) in [5.41, 5.74) is 6.34. The largest absolute Gasteiger partial charge is 0.489 e. The topological polar surface area (TPSA) is 48.1 Å². The van der Waals surface area contributed by atoms with Crippen molar-refractivity contribution >= 4 is 5.69 Å². The van der Waals surface area contributed by atoms with Gasteiger partial charge in [-0.15, -0.1) is 0 Å². The first-order chi connectivity index (χ1) is 7.78. The maximum Gasteiger partial charge on any atom is 0.140 e. The van der Waals surface area contributed by atoms with Gasteiger partial charge in [0.25, 0.3) is 0 Å². The summed E-state index contributed by atoms with van der Waals surface area (Å²) in [6.07, 6.45) is 9.95. The van der Waals surface area contributed by atoms with Crippen molar-refractivity contribution in [2.75, 3.05) is 5.73 Å². The first kappa shape index (κ1) is 11.2. The molecule has 16 heavy (non-hydrogen) atoms. The van der Waals surface area contributed by atoms with Gasteiger partial charge in [0.05, 0.1) is 24.2 Å². The molecule has 88 valence electrons. The van der Waals surface area contributed by atoms with Crippen molar-refractivity contribution in [1.82, 2.24) is 4.98 Å². The lowest BCUT2D eigenvalue weighted by molar-refractivity contribution is 0.121. The van der Waals surface area contributed by atoms with Gasteiger partial charge < -0.3 is 10.5 Å². The molecule has 3 heteroatoms. The second kappa shape index (κ2) is 5.19. The molecule has 2 atom stereocenters. The molecule has 0 aromatic carbocycles. The molecular weight excluding hydrogens is 200 g/mol. The smallest absolute Gasteiger partial charge is 0.140 e. The zero-order valence-corrected chi connectivity index (χ0v) is 9.86. The minimum atomic E-state index is 0.349. The van der Waals surface area contributed by atoms with Crippen LogP contribution >= 0.6 is 0 Å². The highest BCUT2D eigenvalue weighted by Crippen LogP contribution is 2.29. The van der Waals surface area contributed by atoms with Crippen LogP contribution in [0, 0.1) is 5.92 Å². The van der Waals surface area contributed by atoms with E-state index >= 15 is 0 Å². The van der Waals surface area contributed by atoms with Crippen LogP contribution in [0.3, 0.4) is 0 Å². The van der Waals surface area contributed by atoms with Gasteiger partial charge in [-0.1, -0.05) is 19.8 Å². The minimum Gasteiger partial charge on any atom is -0.489 e. The van der Waals surface area contributed by atoms with E-state index in [1.165, 1.54) is 25.7 Å². The highest BCUT2D eigenvalue weighted by molar-refractivity contribution is 5.40. The van der Waals surface area contributed by atoms with Crippen LogP contribution in [0.15, 0.2) is 18.5 Å². The first-order valence-corrected chi connectivity index (χ1v) is 6.15. The highest BCUT2D eigenvalue weighted by atomic mass is 16.5. The highest BCUT2D eigenvalue weighted by Gasteiger charge is 2.22. The molecule has 1 aromatic heterocycles. The third-order valence-corrected chi connectivity index (χ3v) is 3.35. The number of hydrogen-bond donors (Lipinski definition) is 1. The summed E-state index contributed by atoms with van der Waals surface area (Å²) in [6.45, 7) is 2.26. The van der Waals surface area contributed by atoms with E-state index in [1.54, 1.807) is 12.4 Å². The fraction of sp³-hybridized carbons (Fsp3) is 0.615. The lowest BCUT2D eigenvalue weighted by atomic mass is 9.85. The van der Waals surface area contributed by atoms with Crippen molar-refractivity contribution in [3.8, 4) is 5.75 Å². The number of pyridine rings is 1. The quantitative estimate of drug-likeness (QED) is 0.851. The average molecular weight is 220 g/mol. The Morgan fingerprint density at radius 3 is 3.06 bits per heavy atom. The third-order valence-electron chi connectivity index (χ3n) is 3.35. The predicted octanol–water partition coefficient (Wildman–Crippen LogP) is 3.01. The number of nitrogens with two attached hydrogens (primary N) is 1. The molecule has 0 aliphatic heterocycles. The number of nitrogens with zero attached hydrogens (tertiary/aromatic N) is 1. The second-order valence-corrected chi connectivity index (χ2v) is 4.63. The maximum atomic E-state index is 5.93. The molecule has 1 saturated carbocycles. The summed E-state index contributed by atoms with van der Waals surface area (Å²) in [5, 5.41) is 0. The molecule has 0 bridgehead atoms. The molecule has 1 aliphatic rings. The van der Waals surface area contributed by atoms with Crippen LogP contribution in [0.1, 0.15) is 39.0 Å². The Morgan fingerprint density at radius 2 is 2.31 bits per heavy atom. The molecule has 2 N–H and O–H groups in total. The van der Waals surface area contributed by atoms with Crippen LogP contribution in [0.2, 0.25) is 0 Å². The van der Waals surface area contributed by atoms with E-state index in [0.717, 1.165) is 18.1 Å². The van der Waals surface area contributed by atoms with Crippen molar-refractivity contribution in [2.45, 2.75) is 45.1 Å². The monoisotopic (exact) mass is 220 g/mol. The molecule has 0 spiro atoms.